The molecule has 12 heteroatoms. The molecule has 40 heavy (non-hydrogen) atoms. The summed E-state index contributed by atoms with van der Waals surface area (Å²) < 4.78 is 17.9. The fraction of sp³-hybridized carbons (Fsp3) is 0.393. The van der Waals surface area contributed by atoms with Crippen LogP contribution in [0.4, 0.5) is 0 Å². The number of nitrogens with one attached hydrogen (secondary N) is 1. The molecule has 0 amide bonds. The molecule has 4 aromatic rings. The van der Waals surface area contributed by atoms with E-state index >= 15 is 0 Å². The Labute approximate surface area is 236 Å². The van der Waals surface area contributed by atoms with Crippen molar-refractivity contribution in [2.24, 2.45) is 0 Å². The second-order valence-electron chi connectivity index (χ2n) is 9.74. The molecule has 11 nitrogen and oxygen atoms in total. The van der Waals surface area contributed by atoms with Gasteiger partial charge in [0, 0.05) is 49.0 Å². The number of benzene rings is 1. The molecule has 3 aromatic heterocycles. The topological polar surface area (TPSA) is 117 Å². The van der Waals surface area contributed by atoms with E-state index in [2.05, 4.69) is 32.3 Å². The van der Waals surface area contributed by atoms with Gasteiger partial charge in [0.25, 0.3) is 0 Å². The van der Waals surface area contributed by atoms with Gasteiger partial charge in [-0.05, 0) is 50.6 Å². The number of fused-ring (bicyclic) bond motifs is 1. The van der Waals surface area contributed by atoms with Gasteiger partial charge >= 0.3 is 5.97 Å². The van der Waals surface area contributed by atoms with E-state index < -0.39 is 0 Å². The average Bonchev–Trinajstić information content (AvgIpc) is 3.77. The molecular formula is C28H31N7O4S. The lowest BCUT2D eigenvalue weighted by Gasteiger charge is -2.27. The van der Waals surface area contributed by atoms with Gasteiger partial charge in [0.2, 0.25) is 12.7 Å². The van der Waals surface area contributed by atoms with Crippen molar-refractivity contribution in [3.05, 3.63) is 76.0 Å². The maximum Gasteiger partial charge on any atom is 0.357 e. The minimum atomic E-state index is -0.385. The van der Waals surface area contributed by atoms with Gasteiger partial charge in [-0.1, -0.05) is 6.07 Å². The largest absolute Gasteiger partial charge is 0.461 e. The number of carbonyl (C=O) groups is 1. The number of rotatable bonds is 10. The number of imidazole rings is 1. The zero-order valence-electron chi connectivity index (χ0n) is 22.4. The summed E-state index contributed by atoms with van der Waals surface area (Å²) in [5, 5.41) is 6.28. The standard InChI is InChI=1S/C28H31N7O4S/c1-3-37-27(36)22-15-40-26(32-22)20-6-9-34(10-7-29-14-19-4-5-23-24(13-19)39-17-38-23)25(20)21-12-18(2)31-28(33-21)35-11-8-30-16-35/h4-5,8,11-13,15-16,20,25,29H,3,6-7,9-10,14,17H2,1-2H3. The van der Waals surface area contributed by atoms with Gasteiger partial charge in [-0.3, -0.25) is 9.47 Å². The number of aryl methyl sites for hydroxylation is 1. The molecule has 0 saturated carbocycles. The molecule has 0 radical (unpaired) electrons. The molecule has 2 atom stereocenters. The van der Waals surface area contributed by atoms with E-state index in [1.807, 2.05) is 29.8 Å². The van der Waals surface area contributed by atoms with Crippen molar-refractivity contribution in [3.63, 3.8) is 0 Å². The first-order chi connectivity index (χ1) is 19.6. The third kappa shape index (κ3) is 5.55. The van der Waals surface area contributed by atoms with Gasteiger partial charge in [-0.15, -0.1) is 11.3 Å². The Kier molecular flexibility index (Phi) is 7.71. The normalized spacial score (nSPS) is 18.4. The SMILES string of the molecule is CCOC(=O)c1csc(C2CCN(CCNCc3ccc4c(c3)OCO4)C2c2cc(C)nc(-n3ccnc3)n2)n1. The van der Waals surface area contributed by atoms with Crippen LogP contribution in [0.1, 0.15) is 57.8 Å². The highest BCUT2D eigenvalue weighted by molar-refractivity contribution is 7.09. The van der Waals surface area contributed by atoms with E-state index in [4.69, 9.17) is 24.2 Å². The van der Waals surface area contributed by atoms with E-state index in [9.17, 15) is 4.79 Å². The van der Waals surface area contributed by atoms with Crippen LogP contribution in [-0.4, -0.2) is 68.4 Å². The summed E-state index contributed by atoms with van der Waals surface area (Å²) in [6.45, 7) is 7.61. The lowest BCUT2D eigenvalue weighted by Crippen LogP contribution is -2.33. The van der Waals surface area contributed by atoms with Gasteiger partial charge in [-0.2, -0.15) is 0 Å². The molecule has 0 aliphatic carbocycles. The first-order valence-electron chi connectivity index (χ1n) is 13.4. The monoisotopic (exact) mass is 561 g/mol. The summed E-state index contributed by atoms with van der Waals surface area (Å²) in [6.07, 6.45) is 6.17. The summed E-state index contributed by atoms with van der Waals surface area (Å²) in [4.78, 5) is 33.2. The number of likely N-dealkylation sites (tertiary alicyclic amines) is 1. The van der Waals surface area contributed by atoms with E-state index in [0.717, 1.165) is 66.1 Å². The van der Waals surface area contributed by atoms with Crippen molar-refractivity contribution >= 4 is 17.3 Å². The van der Waals surface area contributed by atoms with Crippen LogP contribution in [-0.2, 0) is 11.3 Å². The molecule has 2 unspecified atom stereocenters. The molecule has 2 aliphatic heterocycles. The van der Waals surface area contributed by atoms with Crippen molar-refractivity contribution in [3.8, 4) is 17.4 Å². The van der Waals surface area contributed by atoms with E-state index in [1.54, 1.807) is 24.8 Å². The van der Waals surface area contributed by atoms with Crippen LogP contribution in [0, 0.1) is 6.92 Å². The van der Waals surface area contributed by atoms with Gasteiger partial charge < -0.3 is 19.5 Å². The molecule has 6 rings (SSSR count). The maximum absolute atomic E-state index is 12.3. The second-order valence-corrected chi connectivity index (χ2v) is 10.6. The lowest BCUT2D eigenvalue weighted by molar-refractivity contribution is 0.0520. The van der Waals surface area contributed by atoms with Gasteiger partial charge in [0.15, 0.2) is 17.2 Å². The van der Waals surface area contributed by atoms with Crippen LogP contribution >= 0.6 is 11.3 Å². The number of hydrogen-bond acceptors (Lipinski definition) is 11. The number of nitrogens with zero attached hydrogens (tertiary/aromatic N) is 6. The summed E-state index contributed by atoms with van der Waals surface area (Å²) in [5.41, 5.74) is 3.32. The summed E-state index contributed by atoms with van der Waals surface area (Å²) in [7, 11) is 0. The van der Waals surface area contributed by atoms with Crippen LogP contribution in [0.3, 0.4) is 0 Å². The fourth-order valence-corrected chi connectivity index (χ4v) is 6.20. The first kappa shape index (κ1) is 26.4. The van der Waals surface area contributed by atoms with E-state index in [-0.39, 0.29) is 24.7 Å². The Morgan fingerprint density at radius 2 is 2.10 bits per heavy atom. The molecule has 1 fully saturated rings. The van der Waals surface area contributed by atoms with Crippen molar-refractivity contribution in [2.75, 3.05) is 33.0 Å². The van der Waals surface area contributed by atoms with Crippen molar-refractivity contribution < 1.29 is 19.0 Å². The molecule has 1 saturated heterocycles. The van der Waals surface area contributed by atoms with Gasteiger partial charge in [0.05, 0.1) is 23.4 Å². The number of thiazole rings is 1. The first-order valence-corrected chi connectivity index (χ1v) is 14.3. The Balaban J connectivity index is 1.22. The van der Waals surface area contributed by atoms with Crippen molar-refractivity contribution in [2.45, 2.75) is 38.8 Å². The molecule has 0 bridgehead atoms. The summed E-state index contributed by atoms with van der Waals surface area (Å²) >= 11 is 1.51. The Hall–Kier alpha value is -3.87. The quantitative estimate of drug-likeness (QED) is 0.227. The van der Waals surface area contributed by atoms with Crippen molar-refractivity contribution in [1.82, 2.24) is 34.7 Å². The van der Waals surface area contributed by atoms with Crippen LogP contribution in [0.25, 0.3) is 5.95 Å². The number of carbonyl (C=O) groups excluding carboxylic acids is 1. The summed E-state index contributed by atoms with van der Waals surface area (Å²) in [5.74, 6) is 1.88. The minimum Gasteiger partial charge on any atom is -0.461 e. The smallest absolute Gasteiger partial charge is 0.357 e. The third-order valence-electron chi connectivity index (χ3n) is 7.07. The third-order valence-corrected chi connectivity index (χ3v) is 8.04. The Morgan fingerprint density at radius 1 is 1.20 bits per heavy atom. The minimum absolute atomic E-state index is 0.0162. The second kappa shape index (κ2) is 11.7. The maximum atomic E-state index is 12.3. The molecule has 1 N–H and O–H groups in total. The molecule has 5 heterocycles. The highest BCUT2D eigenvalue weighted by Crippen LogP contribution is 2.44. The molecule has 0 spiro atoms. The molecule has 2 aliphatic rings. The molecular weight excluding hydrogens is 530 g/mol. The number of hydrogen-bond donors (Lipinski definition) is 1. The molecule has 1 aromatic carbocycles. The van der Waals surface area contributed by atoms with Crippen LogP contribution in [0.15, 0.2) is 48.4 Å². The van der Waals surface area contributed by atoms with Crippen LogP contribution < -0.4 is 14.8 Å². The Bertz CT molecular complexity index is 1480. The lowest BCUT2D eigenvalue weighted by atomic mass is 9.97. The van der Waals surface area contributed by atoms with E-state index in [1.165, 1.54) is 11.3 Å². The number of ether oxygens (including phenoxy) is 3. The van der Waals surface area contributed by atoms with E-state index in [0.29, 0.717) is 18.2 Å². The van der Waals surface area contributed by atoms with Gasteiger partial charge in [0.1, 0.15) is 6.33 Å². The average molecular weight is 562 g/mol. The zero-order chi connectivity index (χ0) is 27.5. The zero-order valence-corrected chi connectivity index (χ0v) is 23.3. The number of esters is 1. The number of aromatic nitrogens is 5. The fourth-order valence-electron chi connectivity index (χ4n) is 5.24. The highest BCUT2D eigenvalue weighted by atomic mass is 32.1. The van der Waals surface area contributed by atoms with Crippen LogP contribution in [0.5, 0.6) is 11.5 Å². The van der Waals surface area contributed by atoms with Crippen LogP contribution in [0.2, 0.25) is 0 Å². The Morgan fingerprint density at radius 3 is 2.95 bits per heavy atom. The molecule has 208 valence electrons. The van der Waals surface area contributed by atoms with Gasteiger partial charge in [-0.25, -0.2) is 24.7 Å². The van der Waals surface area contributed by atoms with Crippen molar-refractivity contribution in [1.29, 1.82) is 0 Å². The predicted octanol–water partition coefficient (Wildman–Crippen LogP) is 3.65. The summed E-state index contributed by atoms with van der Waals surface area (Å²) in [6, 6.07) is 8.07. The highest BCUT2D eigenvalue weighted by Gasteiger charge is 2.39. The predicted molar refractivity (Wildman–Crippen MR) is 148 cm³/mol.